The average Bonchev–Trinajstić information content (AvgIpc) is 3.20. The van der Waals surface area contributed by atoms with E-state index in [0.29, 0.717) is 44.2 Å². The van der Waals surface area contributed by atoms with Crippen molar-refractivity contribution in [2.75, 3.05) is 55.7 Å². The van der Waals surface area contributed by atoms with Gasteiger partial charge in [-0.3, -0.25) is 14.5 Å². The van der Waals surface area contributed by atoms with E-state index in [0.717, 1.165) is 31.4 Å². The average molecular weight is 541 g/mol. The smallest absolute Gasteiger partial charge is 0.265 e. The summed E-state index contributed by atoms with van der Waals surface area (Å²) in [6.07, 6.45) is 3.71. The van der Waals surface area contributed by atoms with Crippen molar-refractivity contribution in [1.29, 1.82) is 0 Å². The molecule has 2 amide bonds. The molecule has 0 saturated carbocycles. The van der Waals surface area contributed by atoms with Crippen molar-refractivity contribution in [3.8, 4) is 5.75 Å². The summed E-state index contributed by atoms with van der Waals surface area (Å²) in [5.74, 6) is -0.116. The number of benzene rings is 2. The molecule has 10 heteroatoms. The minimum atomic E-state index is -3.71. The number of aryl methyl sites for hydroxylation is 1. The molecule has 2 aromatic carbocycles. The van der Waals surface area contributed by atoms with E-state index in [1.807, 2.05) is 6.07 Å². The Kier molecular flexibility index (Phi) is 7.63. The van der Waals surface area contributed by atoms with Crippen molar-refractivity contribution < 1.29 is 22.7 Å². The maximum atomic E-state index is 13.4. The summed E-state index contributed by atoms with van der Waals surface area (Å²) in [6, 6.07) is 13.1. The zero-order valence-electron chi connectivity index (χ0n) is 22.1. The van der Waals surface area contributed by atoms with Crippen molar-refractivity contribution in [2.45, 2.75) is 50.5 Å². The Hall–Kier alpha value is -3.11. The van der Waals surface area contributed by atoms with E-state index in [4.69, 9.17) is 4.74 Å². The number of fused-ring (bicyclic) bond motifs is 1. The van der Waals surface area contributed by atoms with Crippen LogP contribution in [0.5, 0.6) is 5.75 Å². The molecule has 38 heavy (non-hydrogen) atoms. The fourth-order valence-electron chi connectivity index (χ4n) is 5.56. The number of sulfonamides is 1. The molecule has 0 aromatic heterocycles. The Labute approximate surface area is 225 Å². The lowest BCUT2D eigenvalue weighted by atomic mass is 10.1. The Morgan fingerprint density at radius 1 is 1.00 bits per heavy atom. The van der Waals surface area contributed by atoms with Gasteiger partial charge in [-0.25, -0.2) is 8.42 Å². The third-order valence-corrected chi connectivity index (χ3v) is 9.58. The molecule has 5 rings (SSSR count). The fraction of sp³-hybridized carbons (Fsp3) is 0.500. The highest BCUT2D eigenvalue weighted by Crippen LogP contribution is 2.35. The Morgan fingerprint density at radius 2 is 1.76 bits per heavy atom. The zero-order valence-corrected chi connectivity index (χ0v) is 23.0. The first kappa shape index (κ1) is 26.5. The predicted octanol–water partition coefficient (Wildman–Crippen LogP) is 3.02. The summed E-state index contributed by atoms with van der Waals surface area (Å²) in [5.41, 5.74) is 2.66. The minimum absolute atomic E-state index is 0.118. The van der Waals surface area contributed by atoms with Crippen molar-refractivity contribution >= 4 is 33.2 Å². The van der Waals surface area contributed by atoms with Gasteiger partial charge in [-0.05, 0) is 62.6 Å². The number of amides is 2. The maximum Gasteiger partial charge on any atom is 0.265 e. The highest BCUT2D eigenvalue weighted by molar-refractivity contribution is 7.89. The summed E-state index contributed by atoms with van der Waals surface area (Å²) in [7, 11) is -3.71. The number of hydrogen-bond donors (Lipinski definition) is 0. The molecule has 3 aliphatic rings. The molecular weight excluding hydrogens is 504 g/mol. The van der Waals surface area contributed by atoms with Crippen molar-refractivity contribution in [2.24, 2.45) is 0 Å². The van der Waals surface area contributed by atoms with E-state index in [1.54, 1.807) is 11.0 Å². The van der Waals surface area contributed by atoms with E-state index < -0.39 is 10.0 Å². The first-order valence-corrected chi connectivity index (χ1v) is 14.9. The Morgan fingerprint density at radius 3 is 2.47 bits per heavy atom. The quantitative estimate of drug-likeness (QED) is 0.579. The van der Waals surface area contributed by atoms with Gasteiger partial charge in [0, 0.05) is 44.5 Å². The highest BCUT2D eigenvalue weighted by Gasteiger charge is 2.34. The summed E-state index contributed by atoms with van der Waals surface area (Å²) in [6.45, 7) is 6.59. The number of anilines is 2. The third-order valence-electron chi connectivity index (χ3n) is 7.68. The molecule has 204 valence electrons. The molecular formula is C28H36N4O5S. The van der Waals surface area contributed by atoms with Gasteiger partial charge in [0.15, 0.2) is 6.61 Å². The number of carbonyl (C=O) groups is 2. The Bertz CT molecular complexity index is 1310. The molecule has 3 heterocycles. The summed E-state index contributed by atoms with van der Waals surface area (Å²) in [5, 5.41) is 0. The second-order valence-electron chi connectivity index (χ2n) is 10.4. The van der Waals surface area contributed by atoms with Gasteiger partial charge < -0.3 is 14.5 Å². The van der Waals surface area contributed by atoms with Gasteiger partial charge >= 0.3 is 0 Å². The molecule has 3 aliphatic heterocycles. The van der Waals surface area contributed by atoms with Crippen LogP contribution in [0.4, 0.5) is 11.4 Å². The largest absolute Gasteiger partial charge is 0.482 e. The SMILES string of the molecule is Cc1cccc(N2CCN(C(=O)CN3C(=O)COc4ccc(S(=O)(=O)N5CCCCCC5)cc43)CC2C)c1. The first-order valence-electron chi connectivity index (χ1n) is 13.4. The second kappa shape index (κ2) is 10.9. The standard InChI is InChI=1S/C28H36N4O5S/c1-21-8-7-9-23(16-21)31-15-14-29(18-22(31)2)27(33)19-32-25-17-24(10-11-26(25)37-20-28(32)34)38(35,36)30-12-5-3-4-6-13-30/h7-11,16-17,22H,3-6,12-15,18-20H2,1-2H3. The van der Waals surface area contributed by atoms with Crippen molar-refractivity contribution in [3.63, 3.8) is 0 Å². The fourth-order valence-corrected chi connectivity index (χ4v) is 7.09. The van der Waals surface area contributed by atoms with Gasteiger partial charge in [0.25, 0.3) is 5.91 Å². The third kappa shape index (κ3) is 5.37. The molecule has 1 atom stereocenters. The van der Waals surface area contributed by atoms with Crippen LogP contribution in [0.1, 0.15) is 38.2 Å². The predicted molar refractivity (Wildman–Crippen MR) is 146 cm³/mol. The Balaban J connectivity index is 1.32. The molecule has 1 unspecified atom stereocenters. The van der Waals surface area contributed by atoms with Crippen LogP contribution in [-0.4, -0.2) is 81.4 Å². The molecule has 0 bridgehead atoms. The zero-order chi connectivity index (χ0) is 26.9. The molecule has 2 saturated heterocycles. The lowest BCUT2D eigenvalue weighted by Gasteiger charge is -2.42. The van der Waals surface area contributed by atoms with Gasteiger partial charge in [-0.15, -0.1) is 0 Å². The summed E-state index contributed by atoms with van der Waals surface area (Å²) < 4.78 is 33.9. The monoisotopic (exact) mass is 540 g/mol. The number of nitrogens with zero attached hydrogens (tertiary/aromatic N) is 4. The van der Waals surface area contributed by atoms with Crippen LogP contribution in [0.15, 0.2) is 47.4 Å². The van der Waals surface area contributed by atoms with Crippen LogP contribution in [0.3, 0.4) is 0 Å². The van der Waals surface area contributed by atoms with Crippen LogP contribution >= 0.6 is 0 Å². The molecule has 0 aliphatic carbocycles. The van der Waals surface area contributed by atoms with Crippen LogP contribution in [0, 0.1) is 6.92 Å². The minimum Gasteiger partial charge on any atom is -0.482 e. The van der Waals surface area contributed by atoms with Crippen LogP contribution in [0.25, 0.3) is 0 Å². The van der Waals surface area contributed by atoms with E-state index in [-0.39, 0.29) is 35.9 Å². The van der Waals surface area contributed by atoms with Gasteiger partial charge in [0.1, 0.15) is 12.3 Å². The van der Waals surface area contributed by atoms with E-state index in [1.165, 1.54) is 26.9 Å². The van der Waals surface area contributed by atoms with Gasteiger partial charge in [-0.1, -0.05) is 25.0 Å². The summed E-state index contributed by atoms with van der Waals surface area (Å²) in [4.78, 5) is 31.8. The van der Waals surface area contributed by atoms with E-state index in [9.17, 15) is 18.0 Å². The van der Waals surface area contributed by atoms with Crippen LogP contribution in [-0.2, 0) is 19.6 Å². The summed E-state index contributed by atoms with van der Waals surface area (Å²) >= 11 is 0. The number of ether oxygens (including phenoxy) is 1. The maximum absolute atomic E-state index is 13.4. The van der Waals surface area contributed by atoms with Crippen LogP contribution in [0.2, 0.25) is 0 Å². The molecule has 2 aromatic rings. The van der Waals surface area contributed by atoms with Gasteiger partial charge in [-0.2, -0.15) is 4.31 Å². The molecule has 2 fully saturated rings. The lowest BCUT2D eigenvalue weighted by Crippen LogP contribution is -2.56. The van der Waals surface area contributed by atoms with Gasteiger partial charge in [0.05, 0.1) is 10.6 Å². The van der Waals surface area contributed by atoms with E-state index in [2.05, 4.69) is 36.9 Å². The lowest BCUT2D eigenvalue weighted by molar-refractivity contribution is -0.132. The number of hydrogen-bond acceptors (Lipinski definition) is 6. The normalized spacial score (nSPS) is 21.1. The molecule has 0 N–H and O–H groups in total. The topological polar surface area (TPSA) is 90.5 Å². The van der Waals surface area contributed by atoms with Gasteiger partial charge in [0.2, 0.25) is 15.9 Å². The molecule has 0 radical (unpaired) electrons. The van der Waals surface area contributed by atoms with E-state index >= 15 is 0 Å². The number of rotatable bonds is 5. The first-order chi connectivity index (χ1) is 18.2. The molecule has 0 spiro atoms. The molecule has 9 nitrogen and oxygen atoms in total. The van der Waals surface area contributed by atoms with Crippen molar-refractivity contribution in [3.05, 3.63) is 48.0 Å². The van der Waals surface area contributed by atoms with Crippen LogP contribution < -0.4 is 14.5 Å². The second-order valence-corrected chi connectivity index (χ2v) is 12.4. The number of carbonyl (C=O) groups excluding carboxylic acids is 2. The number of piperazine rings is 1. The van der Waals surface area contributed by atoms with Crippen molar-refractivity contribution in [1.82, 2.24) is 9.21 Å². The highest BCUT2D eigenvalue weighted by atomic mass is 32.2.